The Bertz CT molecular complexity index is 822. The number of carbonyl (C=O) groups excluding carboxylic acids is 1. The molecule has 1 N–H and O–H groups in total. The molecule has 0 radical (unpaired) electrons. The molecule has 1 atom stereocenters. The molecule has 144 valence electrons. The van der Waals surface area contributed by atoms with Crippen molar-refractivity contribution in [1.29, 1.82) is 0 Å². The zero-order chi connectivity index (χ0) is 18.8. The highest BCUT2D eigenvalue weighted by Gasteiger charge is 2.32. The molecular formula is C19H24ClN5OS. The first kappa shape index (κ1) is 18.6. The average Bonchev–Trinajstić information content (AvgIpc) is 3.40. The molecule has 6 nitrogen and oxygen atoms in total. The van der Waals surface area contributed by atoms with E-state index in [1.165, 1.54) is 12.8 Å². The van der Waals surface area contributed by atoms with Crippen LogP contribution in [0.5, 0.6) is 0 Å². The number of likely N-dealkylation sites (tertiary alicyclic amines) is 1. The number of carbonyl (C=O) groups is 1. The minimum absolute atomic E-state index is 0.0718. The van der Waals surface area contributed by atoms with Gasteiger partial charge in [-0.2, -0.15) is 0 Å². The summed E-state index contributed by atoms with van der Waals surface area (Å²) in [6.45, 7) is 3.53. The Balaban J connectivity index is 1.46. The summed E-state index contributed by atoms with van der Waals surface area (Å²) >= 11 is 7.83. The maximum Gasteiger partial charge on any atom is 0.321 e. The fourth-order valence-corrected chi connectivity index (χ4v) is 4.54. The van der Waals surface area contributed by atoms with Crippen LogP contribution in [-0.2, 0) is 0 Å². The third-order valence-corrected chi connectivity index (χ3v) is 6.29. The number of thioether (sulfide) groups is 1. The van der Waals surface area contributed by atoms with Crippen LogP contribution in [0.1, 0.15) is 50.4 Å². The van der Waals surface area contributed by atoms with Crippen LogP contribution >= 0.6 is 23.4 Å². The molecule has 2 heterocycles. The Kier molecular flexibility index (Phi) is 5.59. The minimum atomic E-state index is -0.0718. The monoisotopic (exact) mass is 405 g/mol. The molecule has 2 fully saturated rings. The lowest BCUT2D eigenvalue weighted by Crippen LogP contribution is -2.42. The summed E-state index contributed by atoms with van der Waals surface area (Å²) in [5, 5.41) is 12.2. The molecule has 27 heavy (non-hydrogen) atoms. The molecular weight excluding hydrogens is 382 g/mol. The minimum Gasteiger partial charge on any atom is -0.324 e. The highest BCUT2D eigenvalue weighted by molar-refractivity contribution is 7.99. The van der Waals surface area contributed by atoms with Crippen LogP contribution in [-0.4, -0.2) is 44.5 Å². The number of urea groups is 1. The van der Waals surface area contributed by atoms with Crippen molar-refractivity contribution in [2.24, 2.45) is 0 Å². The highest BCUT2D eigenvalue weighted by atomic mass is 35.5. The van der Waals surface area contributed by atoms with Crippen LogP contribution in [0.15, 0.2) is 29.4 Å². The van der Waals surface area contributed by atoms with Crippen LogP contribution in [0.25, 0.3) is 0 Å². The van der Waals surface area contributed by atoms with Gasteiger partial charge in [0.15, 0.2) is 0 Å². The molecule has 0 bridgehead atoms. The van der Waals surface area contributed by atoms with Gasteiger partial charge < -0.3 is 14.8 Å². The number of rotatable bonds is 5. The Morgan fingerprint density at radius 2 is 2.22 bits per heavy atom. The maximum atomic E-state index is 12.9. The van der Waals surface area contributed by atoms with Gasteiger partial charge in [-0.1, -0.05) is 18.5 Å². The van der Waals surface area contributed by atoms with Gasteiger partial charge in [-0.15, -0.1) is 22.0 Å². The quantitative estimate of drug-likeness (QED) is 0.726. The number of benzene rings is 1. The molecule has 1 aliphatic heterocycles. The van der Waals surface area contributed by atoms with Crippen molar-refractivity contribution in [2.75, 3.05) is 24.2 Å². The molecule has 2 amide bonds. The summed E-state index contributed by atoms with van der Waals surface area (Å²) in [5.74, 6) is 2.21. The van der Waals surface area contributed by atoms with Crippen LogP contribution in [0.2, 0.25) is 5.02 Å². The van der Waals surface area contributed by atoms with E-state index in [1.54, 1.807) is 11.8 Å². The molecule has 1 aromatic carbocycles. The van der Waals surface area contributed by atoms with E-state index in [4.69, 9.17) is 11.6 Å². The first-order valence-electron chi connectivity index (χ1n) is 9.53. The average molecular weight is 406 g/mol. The van der Waals surface area contributed by atoms with Gasteiger partial charge in [0.05, 0.1) is 5.69 Å². The van der Waals surface area contributed by atoms with E-state index < -0.39 is 0 Å². The van der Waals surface area contributed by atoms with Gasteiger partial charge in [0, 0.05) is 35.0 Å². The SMILES string of the molecule is CCSc1ccc(Cl)cc1NC(=O)N1CCCC(c2nncn2C2CC2)C1. The fourth-order valence-electron chi connectivity index (χ4n) is 3.63. The predicted molar refractivity (Wildman–Crippen MR) is 109 cm³/mol. The van der Waals surface area contributed by atoms with Gasteiger partial charge in [-0.05, 0) is 49.6 Å². The van der Waals surface area contributed by atoms with E-state index in [0.717, 1.165) is 41.5 Å². The van der Waals surface area contributed by atoms with E-state index in [1.807, 2.05) is 29.4 Å². The Morgan fingerprint density at radius 3 is 3.00 bits per heavy atom. The number of nitrogens with one attached hydrogen (secondary N) is 1. The van der Waals surface area contributed by atoms with Gasteiger partial charge in [0.25, 0.3) is 0 Å². The molecule has 8 heteroatoms. The first-order valence-corrected chi connectivity index (χ1v) is 10.9. The van der Waals surface area contributed by atoms with Crippen LogP contribution < -0.4 is 5.32 Å². The van der Waals surface area contributed by atoms with Gasteiger partial charge >= 0.3 is 6.03 Å². The smallest absolute Gasteiger partial charge is 0.321 e. The molecule has 0 spiro atoms. The number of halogens is 1. The van der Waals surface area contributed by atoms with Crippen molar-refractivity contribution in [3.05, 3.63) is 35.4 Å². The van der Waals surface area contributed by atoms with Crippen molar-refractivity contribution in [3.8, 4) is 0 Å². The number of piperidine rings is 1. The third kappa shape index (κ3) is 4.24. The highest BCUT2D eigenvalue weighted by Crippen LogP contribution is 2.38. The van der Waals surface area contributed by atoms with Crippen LogP contribution in [0.3, 0.4) is 0 Å². The largest absolute Gasteiger partial charge is 0.324 e. The topological polar surface area (TPSA) is 63.1 Å². The predicted octanol–water partition coefficient (Wildman–Crippen LogP) is 4.79. The van der Waals surface area contributed by atoms with E-state index in [0.29, 0.717) is 17.6 Å². The number of aromatic nitrogens is 3. The second-order valence-corrected chi connectivity index (χ2v) is 8.86. The zero-order valence-corrected chi connectivity index (χ0v) is 17.0. The summed E-state index contributed by atoms with van der Waals surface area (Å²) in [6, 6.07) is 6.12. The van der Waals surface area contributed by atoms with Crippen molar-refractivity contribution in [3.63, 3.8) is 0 Å². The summed E-state index contributed by atoms with van der Waals surface area (Å²) in [7, 11) is 0. The Labute approximate surface area is 168 Å². The van der Waals surface area contributed by atoms with Gasteiger partial charge in [-0.25, -0.2) is 4.79 Å². The molecule has 1 saturated heterocycles. The molecule has 2 aliphatic rings. The number of amides is 2. The number of hydrogen-bond acceptors (Lipinski definition) is 4. The number of anilines is 1. The lowest BCUT2D eigenvalue weighted by molar-refractivity contribution is 0.190. The van der Waals surface area contributed by atoms with Gasteiger partial charge in [-0.3, -0.25) is 0 Å². The molecule has 1 aliphatic carbocycles. The second-order valence-electron chi connectivity index (χ2n) is 7.12. The van der Waals surface area contributed by atoms with Crippen molar-refractivity contribution in [1.82, 2.24) is 19.7 Å². The van der Waals surface area contributed by atoms with E-state index in [2.05, 4.69) is 27.0 Å². The molecule has 1 unspecified atom stereocenters. The summed E-state index contributed by atoms with van der Waals surface area (Å²) in [4.78, 5) is 15.8. The standard InChI is InChI=1S/C19H24ClN5OS/c1-2-27-17-8-5-14(20)10-16(17)22-19(26)24-9-3-4-13(11-24)18-23-21-12-25(18)15-6-7-15/h5,8,10,12-13,15H,2-4,6-7,9,11H2,1H3,(H,22,26). The summed E-state index contributed by atoms with van der Waals surface area (Å²) < 4.78 is 2.21. The van der Waals surface area contributed by atoms with E-state index >= 15 is 0 Å². The number of hydrogen-bond donors (Lipinski definition) is 1. The Hall–Kier alpha value is -1.73. The second kappa shape index (κ2) is 8.10. The third-order valence-electron chi connectivity index (χ3n) is 5.10. The van der Waals surface area contributed by atoms with E-state index in [9.17, 15) is 4.79 Å². The summed E-state index contributed by atoms with van der Waals surface area (Å²) in [6.07, 6.45) is 6.26. The van der Waals surface area contributed by atoms with E-state index in [-0.39, 0.29) is 11.9 Å². The van der Waals surface area contributed by atoms with Gasteiger partial charge in [0.2, 0.25) is 0 Å². The molecule has 1 aromatic heterocycles. The summed E-state index contributed by atoms with van der Waals surface area (Å²) in [5.41, 5.74) is 0.780. The van der Waals surface area contributed by atoms with Gasteiger partial charge in [0.1, 0.15) is 12.2 Å². The number of nitrogens with zero attached hydrogens (tertiary/aromatic N) is 4. The molecule has 1 saturated carbocycles. The lowest BCUT2D eigenvalue weighted by atomic mass is 9.97. The van der Waals surface area contributed by atoms with Crippen molar-refractivity contribution in [2.45, 2.75) is 49.5 Å². The fraction of sp³-hybridized carbons (Fsp3) is 0.526. The van der Waals surface area contributed by atoms with Crippen molar-refractivity contribution < 1.29 is 4.79 Å². The van der Waals surface area contributed by atoms with Crippen molar-refractivity contribution >= 4 is 35.1 Å². The molecule has 4 rings (SSSR count). The lowest BCUT2D eigenvalue weighted by Gasteiger charge is -2.32. The maximum absolute atomic E-state index is 12.9. The normalized spacial score (nSPS) is 19.9. The molecule has 2 aromatic rings. The van der Waals surface area contributed by atoms with Crippen LogP contribution in [0.4, 0.5) is 10.5 Å². The van der Waals surface area contributed by atoms with Crippen LogP contribution in [0, 0.1) is 0 Å². The zero-order valence-electron chi connectivity index (χ0n) is 15.4. The Morgan fingerprint density at radius 1 is 1.37 bits per heavy atom. The first-order chi connectivity index (χ1) is 13.2.